The van der Waals surface area contributed by atoms with Crippen LogP contribution in [0.1, 0.15) is 16.1 Å². The number of rotatable bonds is 3. The van der Waals surface area contributed by atoms with Crippen LogP contribution in [0, 0.1) is 6.92 Å². The van der Waals surface area contributed by atoms with Crippen LogP contribution in [-0.4, -0.2) is 16.1 Å². The van der Waals surface area contributed by atoms with Crippen molar-refractivity contribution in [3.05, 3.63) is 82.3 Å². The second-order valence-corrected chi connectivity index (χ2v) is 5.89. The van der Waals surface area contributed by atoms with E-state index in [-0.39, 0.29) is 11.5 Å². The molecule has 2 N–H and O–H groups in total. The number of carbonyl (C=O) groups excluding carboxylic acids is 1. The van der Waals surface area contributed by atoms with E-state index in [1.807, 2.05) is 43.3 Å². The minimum atomic E-state index is -0.315. The molecule has 128 valence electrons. The summed E-state index contributed by atoms with van der Waals surface area (Å²) in [6.45, 7) is 1.86. The average molecular weight is 345 g/mol. The molecule has 0 radical (unpaired) electrons. The third-order valence-electron chi connectivity index (χ3n) is 4.15. The number of H-pyrrole nitrogens is 1. The monoisotopic (exact) mass is 345 g/mol. The number of furan rings is 1. The van der Waals surface area contributed by atoms with Crippen molar-refractivity contribution >= 4 is 22.6 Å². The lowest BCUT2D eigenvalue weighted by atomic mass is 10.1. The first-order valence-electron chi connectivity index (χ1n) is 8.07. The number of aryl methyl sites for hydroxylation is 1. The Morgan fingerprint density at radius 2 is 1.92 bits per heavy atom. The molecule has 0 saturated heterocycles. The molecule has 0 spiro atoms. The zero-order valence-corrected chi connectivity index (χ0v) is 13.9. The van der Waals surface area contributed by atoms with Gasteiger partial charge in [0, 0.05) is 28.3 Å². The number of amides is 1. The summed E-state index contributed by atoms with van der Waals surface area (Å²) < 4.78 is 5.70. The highest BCUT2D eigenvalue weighted by Gasteiger charge is 2.17. The van der Waals surface area contributed by atoms with Crippen LogP contribution in [0.5, 0.6) is 0 Å². The van der Waals surface area contributed by atoms with Gasteiger partial charge in [0.1, 0.15) is 5.58 Å². The fraction of sp³-hybridized carbons (Fsp3) is 0.0500. The quantitative estimate of drug-likeness (QED) is 0.592. The molecule has 26 heavy (non-hydrogen) atoms. The van der Waals surface area contributed by atoms with Gasteiger partial charge in [0.05, 0.1) is 5.69 Å². The summed E-state index contributed by atoms with van der Waals surface area (Å²) in [4.78, 5) is 23.8. The summed E-state index contributed by atoms with van der Waals surface area (Å²) in [5.74, 6) is -0.0240. The summed E-state index contributed by atoms with van der Waals surface area (Å²) in [6.07, 6.45) is 0. The van der Waals surface area contributed by atoms with Crippen LogP contribution in [0.3, 0.4) is 0 Å². The lowest BCUT2D eigenvalue weighted by Crippen LogP contribution is -2.12. The Hall–Kier alpha value is -3.67. The van der Waals surface area contributed by atoms with Crippen LogP contribution in [0.25, 0.3) is 22.2 Å². The summed E-state index contributed by atoms with van der Waals surface area (Å²) >= 11 is 0. The first-order chi connectivity index (χ1) is 12.6. The first-order valence-corrected chi connectivity index (χ1v) is 8.07. The van der Waals surface area contributed by atoms with E-state index < -0.39 is 0 Å². The molecule has 0 fully saturated rings. The number of aromatic nitrogens is 2. The topological polar surface area (TPSA) is 88.0 Å². The van der Waals surface area contributed by atoms with E-state index in [4.69, 9.17) is 4.42 Å². The molecule has 0 aliphatic heterocycles. The van der Waals surface area contributed by atoms with Crippen LogP contribution in [0.15, 0.2) is 69.9 Å². The Labute approximate surface area is 148 Å². The van der Waals surface area contributed by atoms with Crippen molar-refractivity contribution in [1.29, 1.82) is 0 Å². The van der Waals surface area contributed by atoms with Crippen molar-refractivity contribution < 1.29 is 9.21 Å². The zero-order valence-electron chi connectivity index (χ0n) is 13.9. The number of anilines is 1. The molecule has 6 heteroatoms. The standard InChI is InChI=1S/C20H15N3O3/c1-12-15-7-2-3-8-17(15)26-19(12)20(25)21-14-6-4-5-13(11-14)16-9-10-18(24)23-22-16/h2-11H,1H3,(H,21,25)(H,23,24). The number of hydrogen-bond acceptors (Lipinski definition) is 4. The smallest absolute Gasteiger partial charge is 0.291 e. The number of carbonyl (C=O) groups is 1. The third-order valence-corrected chi connectivity index (χ3v) is 4.15. The summed E-state index contributed by atoms with van der Waals surface area (Å²) in [7, 11) is 0. The normalized spacial score (nSPS) is 10.8. The molecule has 2 aromatic carbocycles. The molecule has 0 aliphatic carbocycles. The van der Waals surface area contributed by atoms with E-state index in [0.29, 0.717) is 22.7 Å². The van der Waals surface area contributed by atoms with E-state index in [9.17, 15) is 9.59 Å². The van der Waals surface area contributed by atoms with Crippen molar-refractivity contribution in [2.45, 2.75) is 6.92 Å². The van der Waals surface area contributed by atoms with Crippen molar-refractivity contribution in [2.75, 3.05) is 5.32 Å². The van der Waals surface area contributed by atoms with Crippen LogP contribution in [0.4, 0.5) is 5.69 Å². The van der Waals surface area contributed by atoms with Gasteiger partial charge in [0.2, 0.25) is 0 Å². The second-order valence-electron chi connectivity index (χ2n) is 5.89. The van der Waals surface area contributed by atoms with Crippen LogP contribution >= 0.6 is 0 Å². The second kappa shape index (κ2) is 6.33. The van der Waals surface area contributed by atoms with Gasteiger partial charge in [-0.3, -0.25) is 9.59 Å². The number of nitrogens with zero attached hydrogens (tertiary/aromatic N) is 1. The van der Waals surface area contributed by atoms with Gasteiger partial charge in [-0.05, 0) is 31.2 Å². The molecule has 0 bridgehead atoms. The maximum atomic E-state index is 12.6. The fourth-order valence-corrected chi connectivity index (χ4v) is 2.84. The Morgan fingerprint density at radius 1 is 1.08 bits per heavy atom. The average Bonchev–Trinajstić information content (AvgIpc) is 3.00. The maximum Gasteiger partial charge on any atom is 0.291 e. The predicted octanol–water partition coefficient (Wildman–Crippen LogP) is 3.74. The highest BCUT2D eigenvalue weighted by Crippen LogP contribution is 2.26. The van der Waals surface area contributed by atoms with Gasteiger partial charge in [0.25, 0.3) is 11.5 Å². The molecule has 4 rings (SSSR count). The van der Waals surface area contributed by atoms with Crippen molar-refractivity contribution in [3.8, 4) is 11.3 Å². The Bertz CT molecular complexity index is 1150. The SMILES string of the molecule is Cc1c(C(=O)Nc2cccc(-c3ccc(=O)[nH]n3)c2)oc2ccccc12. The van der Waals surface area contributed by atoms with Crippen molar-refractivity contribution in [3.63, 3.8) is 0 Å². The number of fused-ring (bicyclic) bond motifs is 1. The fourth-order valence-electron chi connectivity index (χ4n) is 2.84. The molecule has 0 unspecified atom stereocenters. The van der Waals surface area contributed by atoms with Gasteiger partial charge in [0.15, 0.2) is 5.76 Å². The predicted molar refractivity (Wildman–Crippen MR) is 99.2 cm³/mol. The van der Waals surface area contributed by atoms with Gasteiger partial charge in [-0.25, -0.2) is 5.10 Å². The van der Waals surface area contributed by atoms with E-state index in [1.54, 1.807) is 18.2 Å². The molecule has 6 nitrogen and oxygen atoms in total. The number of hydrogen-bond donors (Lipinski definition) is 2. The van der Waals surface area contributed by atoms with Crippen molar-refractivity contribution in [2.24, 2.45) is 0 Å². The van der Waals surface area contributed by atoms with Crippen molar-refractivity contribution in [1.82, 2.24) is 10.2 Å². The number of para-hydroxylation sites is 1. The lowest BCUT2D eigenvalue weighted by molar-refractivity contribution is 0.0998. The third kappa shape index (κ3) is 2.88. The van der Waals surface area contributed by atoms with Crippen LogP contribution in [-0.2, 0) is 0 Å². The summed E-state index contributed by atoms with van der Waals surface area (Å²) in [5, 5.41) is 10.2. The van der Waals surface area contributed by atoms with Gasteiger partial charge in [-0.15, -0.1) is 0 Å². The van der Waals surface area contributed by atoms with E-state index >= 15 is 0 Å². The number of benzene rings is 2. The molecule has 1 amide bonds. The minimum Gasteiger partial charge on any atom is -0.451 e. The van der Waals surface area contributed by atoms with Crippen LogP contribution < -0.4 is 10.9 Å². The number of aromatic amines is 1. The molecular weight excluding hydrogens is 330 g/mol. The molecule has 0 aliphatic rings. The molecule has 0 saturated carbocycles. The zero-order chi connectivity index (χ0) is 18.1. The number of nitrogens with one attached hydrogen (secondary N) is 2. The summed E-state index contributed by atoms with van der Waals surface area (Å²) in [5.41, 5.74) is 3.22. The van der Waals surface area contributed by atoms with Gasteiger partial charge in [-0.1, -0.05) is 30.3 Å². The summed E-state index contributed by atoms with van der Waals surface area (Å²) in [6, 6.07) is 17.8. The molecule has 0 atom stereocenters. The van der Waals surface area contributed by atoms with Gasteiger partial charge in [-0.2, -0.15) is 5.10 Å². The highest BCUT2D eigenvalue weighted by molar-refractivity contribution is 6.06. The minimum absolute atomic E-state index is 0.265. The Balaban J connectivity index is 1.63. The highest BCUT2D eigenvalue weighted by atomic mass is 16.3. The molecule has 4 aromatic rings. The van der Waals surface area contributed by atoms with Gasteiger partial charge < -0.3 is 9.73 Å². The molecule has 2 aromatic heterocycles. The van der Waals surface area contributed by atoms with Crippen LogP contribution in [0.2, 0.25) is 0 Å². The molecule has 2 heterocycles. The lowest BCUT2D eigenvalue weighted by Gasteiger charge is -2.06. The Morgan fingerprint density at radius 3 is 2.69 bits per heavy atom. The van der Waals surface area contributed by atoms with E-state index in [1.165, 1.54) is 6.07 Å². The van der Waals surface area contributed by atoms with E-state index in [2.05, 4.69) is 15.5 Å². The Kier molecular flexibility index (Phi) is 3.85. The van der Waals surface area contributed by atoms with Gasteiger partial charge >= 0.3 is 0 Å². The van der Waals surface area contributed by atoms with E-state index in [0.717, 1.165) is 16.5 Å². The maximum absolute atomic E-state index is 12.6. The first kappa shape index (κ1) is 15.8. The molecular formula is C20H15N3O3. The largest absolute Gasteiger partial charge is 0.451 e.